The summed E-state index contributed by atoms with van der Waals surface area (Å²) in [5.41, 5.74) is 0. The Kier molecular flexibility index (Phi) is 4.43. The zero-order chi connectivity index (χ0) is 13.0. The van der Waals surface area contributed by atoms with Gasteiger partial charge >= 0.3 is 5.97 Å². The van der Waals surface area contributed by atoms with Gasteiger partial charge in [0.1, 0.15) is 0 Å². The second kappa shape index (κ2) is 6.05. The van der Waals surface area contributed by atoms with E-state index in [1.807, 2.05) is 0 Å². The highest BCUT2D eigenvalue weighted by molar-refractivity contribution is 7.99. The number of hydrogen-bond acceptors (Lipinski definition) is 6. The van der Waals surface area contributed by atoms with Crippen molar-refractivity contribution in [3.63, 3.8) is 0 Å². The smallest absolute Gasteiger partial charge is 0.313 e. The van der Waals surface area contributed by atoms with E-state index in [0.717, 1.165) is 37.6 Å². The van der Waals surface area contributed by atoms with Crippen LogP contribution in [-0.2, 0) is 16.0 Å². The van der Waals surface area contributed by atoms with Gasteiger partial charge in [0.25, 0.3) is 0 Å². The van der Waals surface area contributed by atoms with Crippen LogP contribution in [0.4, 0.5) is 0 Å². The van der Waals surface area contributed by atoms with Crippen LogP contribution >= 0.6 is 11.8 Å². The number of carboxylic acids is 1. The molecule has 1 aliphatic heterocycles. The van der Waals surface area contributed by atoms with Crippen molar-refractivity contribution in [1.29, 1.82) is 0 Å². The fourth-order valence-corrected chi connectivity index (χ4v) is 2.44. The summed E-state index contributed by atoms with van der Waals surface area (Å²) < 4.78 is 6.96. The molecule has 0 amide bonds. The monoisotopic (exact) mass is 272 g/mol. The van der Waals surface area contributed by atoms with Gasteiger partial charge in [-0.05, 0) is 19.3 Å². The van der Waals surface area contributed by atoms with Gasteiger partial charge in [0.2, 0.25) is 5.16 Å². The lowest BCUT2D eigenvalue weighted by Gasteiger charge is -2.21. The Morgan fingerprint density at radius 3 is 3.06 bits per heavy atom. The quantitative estimate of drug-likeness (QED) is 0.586. The van der Waals surface area contributed by atoms with Gasteiger partial charge in [-0.2, -0.15) is 0 Å². The maximum atomic E-state index is 10.5. The molecule has 2 rings (SSSR count). The van der Waals surface area contributed by atoms with E-state index < -0.39 is 5.97 Å². The third-order valence-electron chi connectivity index (χ3n) is 2.74. The summed E-state index contributed by atoms with van der Waals surface area (Å²) in [6, 6.07) is 0. The number of rotatable bonds is 5. The lowest BCUT2D eigenvalue weighted by Crippen LogP contribution is -2.25. The molecule has 0 spiro atoms. The Balaban J connectivity index is 1.94. The Labute approximate surface area is 109 Å². The predicted octanol–water partition coefficient (Wildman–Crippen LogP) is 0.280. The number of carboxylic acid groups (broad SMARTS) is 1. The maximum absolute atomic E-state index is 10.5. The molecule has 0 saturated carbocycles. The fraction of sp³-hybridized carbons (Fsp3) is 0.700. The van der Waals surface area contributed by atoms with Gasteiger partial charge in [0.05, 0.1) is 11.9 Å². The molecule has 0 aromatic carbocycles. The van der Waals surface area contributed by atoms with Crippen LogP contribution in [0.3, 0.4) is 0 Å². The molecule has 1 unspecified atom stereocenters. The SMILES string of the molecule is Nn1c(CC2CCCCO2)nnc1SCC(=O)O. The second-order valence-corrected chi connectivity index (χ2v) is 5.09. The minimum Gasteiger partial charge on any atom is -0.481 e. The van der Waals surface area contributed by atoms with Crippen LogP contribution in [0.5, 0.6) is 0 Å². The van der Waals surface area contributed by atoms with E-state index in [9.17, 15) is 4.79 Å². The molecule has 1 fully saturated rings. The van der Waals surface area contributed by atoms with E-state index in [-0.39, 0.29) is 11.9 Å². The molecule has 2 heterocycles. The van der Waals surface area contributed by atoms with Gasteiger partial charge in [0, 0.05) is 13.0 Å². The van der Waals surface area contributed by atoms with Gasteiger partial charge in [0.15, 0.2) is 5.82 Å². The number of hydrogen-bond donors (Lipinski definition) is 2. The summed E-state index contributed by atoms with van der Waals surface area (Å²) >= 11 is 1.06. The third kappa shape index (κ3) is 3.36. The highest BCUT2D eigenvalue weighted by Gasteiger charge is 2.19. The number of nitrogen functional groups attached to an aromatic ring is 1. The average Bonchev–Trinajstić information content (AvgIpc) is 2.70. The van der Waals surface area contributed by atoms with E-state index >= 15 is 0 Å². The molecule has 0 aliphatic carbocycles. The van der Waals surface area contributed by atoms with E-state index in [1.165, 1.54) is 4.68 Å². The molecule has 0 bridgehead atoms. The number of nitrogens with zero attached hydrogens (tertiary/aromatic N) is 3. The van der Waals surface area contributed by atoms with Crippen LogP contribution in [0.1, 0.15) is 25.1 Å². The van der Waals surface area contributed by atoms with Crippen LogP contribution in [0.15, 0.2) is 5.16 Å². The first-order chi connectivity index (χ1) is 8.66. The highest BCUT2D eigenvalue weighted by atomic mass is 32.2. The lowest BCUT2D eigenvalue weighted by molar-refractivity contribution is -0.133. The fourth-order valence-electron chi connectivity index (χ4n) is 1.84. The topological polar surface area (TPSA) is 103 Å². The number of aromatic nitrogens is 3. The molecule has 100 valence electrons. The summed E-state index contributed by atoms with van der Waals surface area (Å²) in [7, 11) is 0. The average molecular weight is 272 g/mol. The van der Waals surface area contributed by atoms with Crippen LogP contribution in [0, 0.1) is 0 Å². The summed E-state index contributed by atoms with van der Waals surface area (Å²) in [6.45, 7) is 0.782. The largest absolute Gasteiger partial charge is 0.481 e. The van der Waals surface area contributed by atoms with Crippen LogP contribution in [-0.4, -0.2) is 44.4 Å². The minimum absolute atomic E-state index is 0.0741. The first-order valence-electron chi connectivity index (χ1n) is 5.82. The van der Waals surface area contributed by atoms with Crippen molar-refractivity contribution in [2.45, 2.75) is 36.9 Å². The van der Waals surface area contributed by atoms with Crippen LogP contribution < -0.4 is 5.84 Å². The van der Waals surface area contributed by atoms with E-state index in [1.54, 1.807) is 0 Å². The normalized spacial score (nSPS) is 19.9. The predicted molar refractivity (Wildman–Crippen MR) is 65.8 cm³/mol. The van der Waals surface area contributed by atoms with Crippen LogP contribution in [0.25, 0.3) is 0 Å². The van der Waals surface area contributed by atoms with Crippen LogP contribution in [0.2, 0.25) is 0 Å². The molecule has 7 nitrogen and oxygen atoms in total. The Morgan fingerprint density at radius 1 is 1.56 bits per heavy atom. The number of carbonyl (C=O) groups is 1. The zero-order valence-electron chi connectivity index (χ0n) is 9.91. The number of thioether (sulfide) groups is 1. The van der Waals surface area contributed by atoms with Crippen molar-refractivity contribution in [2.24, 2.45) is 0 Å². The van der Waals surface area contributed by atoms with Crippen molar-refractivity contribution in [3.05, 3.63) is 5.82 Å². The van der Waals surface area contributed by atoms with E-state index in [4.69, 9.17) is 15.7 Å². The lowest BCUT2D eigenvalue weighted by atomic mass is 10.1. The molecule has 1 aromatic heterocycles. The van der Waals surface area contributed by atoms with Gasteiger partial charge in [-0.1, -0.05) is 11.8 Å². The Hall–Kier alpha value is -1.28. The molecule has 1 saturated heterocycles. The highest BCUT2D eigenvalue weighted by Crippen LogP contribution is 2.19. The summed E-state index contributed by atoms with van der Waals surface area (Å²) in [4.78, 5) is 10.5. The van der Waals surface area contributed by atoms with Crippen molar-refractivity contribution >= 4 is 17.7 Å². The molecular weight excluding hydrogens is 256 g/mol. The van der Waals surface area contributed by atoms with Crippen molar-refractivity contribution in [3.8, 4) is 0 Å². The molecule has 1 aliphatic rings. The molecule has 1 atom stereocenters. The van der Waals surface area contributed by atoms with Crippen molar-refractivity contribution in [1.82, 2.24) is 14.9 Å². The summed E-state index contributed by atoms with van der Waals surface area (Å²) in [5, 5.41) is 16.9. The first-order valence-corrected chi connectivity index (χ1v) is 6.81. The van der Waals surface area contributed by atoms with Gasteiger partial charge < -0.3 is 15.7 Å². The second-order valence-electron chi connectivity index (χ2n) is 4.14. The molecule has 3 N–H and O–H groups in total. The molecule has 8 heteroatoms. The molecular formula is C10H16N4O3S. The minimum atomic E-state index is -0.903. The first kappa shape index (κ1) is 13.2. The zero-order valence-corrected chi connectivity index (χ0v) is 10.7. The number of ether oxygens (including phenoxy) is 1. The van der Waals surface area contributed by atoms with Gasteiger partial charge in [-0.15, -0.1) is 10.2 Å². The molecule has 0 radical (unpaired) electrons. The summed E-state index contributed by atoms with van der Waals surface area (Å²) in [5.74, 6) is 5.49. The maximum Gasteiger partial charge on any atom is 0.313 e. The Morgan fingerprint density at radius 2 is 2.39 bits per heavy atom. The van der Waals surface area contributed by atoms with Crippen molar-refractivity contribution < 1.29 is 14.6 Å². The third-order valence-corrected chi connectivity index (χ3v) is 3.67. The molecule has 18 heavy (non-hydrogen) atoms. The Bertz CT molecular complexity index is 417. The molecule has 1 aromatic rings. The van der Waals surface area contributed by atoms with E-state index in [0.29, 0.717) is 17.4 Å². The van der Waals surface area contributed by atoms with Crippen molar-refractivity contribution in [2.75, 3.05) is 18.2 Å². The summed E-state index contributed by atoms with van der Waals surface area (Å²) in [6.07, 6.45) is 4.03. The van der Waals surface area contributed by atoms with Gasteiger partial charge in [-0.25, -0.2) is 4.68 Å². The number of aliphatic carboxylic acids is 1. The standard InChI is InChI=1S/C10H16N4O3S/c11-14-8(5-7-3-1-2-4-17-7)12-13-10(14)18-6-9(15)16/h7H,1-6,11H2,(H,15,16). The number of nitrogens with two attached hydrogens (primary N) is 1. The van der Waals surface area contributed by atoms with E-state index in [2.05, 4.69) is 10.2 Å². The van der Waals surface area contributed by atoms with Gasteiger partial charge in [-0.3, -0.25) is 4.79 Å².